The van der Waals surface area contributed by atoms with Crippen LogP contribution >= 0.6 is 0 Å². The van der Waals surface area contributed by atoms with Crippen LogP contribution in [0.1, 0.15) is 106 Å². The van der Waals surface area contributed by atoms with Gasteiger partial charge in [-0.25, -0.2) is 41.1 Å². The van der Waals surface area contributed by atoms with Gasteiger partial charge in [-0.3, -0.25) is 24.7 Å². The maximum absolute atomic E-state index is 14.7. The summed E-state index contributed by atoms with van der Waals surface area (Å²) in [5.74, 6) is -1.33. The number of halogens is 1. The number of rotatable bonds is 16. The first kappa shape index (κ1) is 51.1. The number of anilines is 2. The van der Waals surface area contributed by atoms with Gasteiger partial charge < -0.3 is 25.0 Å². The standard InChI is InChI=1S/C50H63FN10O9S2/c1-32(2)38-6-4-5-7-39(38)44-31-58(20-21-71(52,66)67)18-19-60(44)35-25-50(26-35)14-16-59(17-15-50)34-8-9-40(45(22-34)70-36-23-41-42(51)30-56-46(41)54-28-36)48(62)57-72(68,69)37-24-43(61(64)65)47(55-29-37)53-27-33-10-12-49(3,63)13-11-33/h4-9,22-24,28-30,32-33,35,44,63H,10-21,25-27,31H2,1-3H3,(H,53,55)(H,54,56)(H,57,62)(H2,52,66,67)/t33?,44-,49?/m0/s1. The molecule has 386 valence electrons. The van der Waals surface area contributed by atoms with Gasteiger partial charge in [-0.1, -0.05) is 38.1 Å². The molecule has 0 bridgehead atoms. The van der Waals surface area contributed by atoms with Crippen molar-refractivity contribution in [2.24, 2.45) is 16.5 Å². The highest BCUT2D eigenvalue weighted by molar-refractivity contribution is 7.90. The Morgan fingerprint density at radius 2 is 1.75 bits per heavy atom. The maximum Gasteiger partial charge on any atom is 0.312 e. The van der Waals surface area contributed by atoms with Crippen molar-refractivity contribution in [3.05, 3.63) is 106 Å². The molecule has 72 heavy (non-hydrogen) atoms. The number of piperidine rings is 1. The lowest BCUT2D eigenvalue weighted by Crippen LogP contribution is -2.60. The Morgan fingerprint density at radius 3 is 2.46 bits per heavy atom. The van der Waals surface area contributed by atoms with Crippen LogP contribution < -0.4 is 24.8 Å². The van der Waals surface area contributed by atoms with Crippen LogP contribution in [0.2, 0.25) is 0 Å². The van der Waals surface area contributed by atoms with Crippen LogP contribution in [-0.4, -0.2) is 121 Å². The van der Waals surface area contributed by atoms with Crippen LogP contribution in [0.5, 0.6) is 11.5 Å². The Hall–Kier alpha value is -5.78. The highest BCUT2D eigenvalue weighted by Gasteiger charge is 2.50. The Labute approximate surface area is 419 Å². The van der Waals surface area contributed by atoms with Crippen molar-refractivity contribution in [2.75, 3.05) is 61.8 Å². The number of nitrogens with two attached hydrogens (primary N) is 1. The van der Waals surface area contributed by atoms with Crippen LogP contribution in [0.15, 0.2) is 78.1 Å². The van der Waals surface area contributed by atoms with Crippen LogP contribution in [-0.2, 0) is 20.0 Å². The topological polar surface area (TPSA) is 259 Å². The van der Waals surface area contributed by atoms with Crippen molar-refractivity contribution in [2.45, 2.75) is 101 Å². The number of aromatic nitrogens is 3. The van der Waals surface area contributed by atoms with E-state index < -0.39 is 52.9 Å². The maximum atomic E-state index is 14.7. The fraction of sp³-hybridized carbons (Fsp3) is 0.500. The van der Waals surface area contributed by atoms with E-state index in [1.807, 2.05) is 4.72 Å². The average Bonchev–Trinajstić information content (AvgIpc) is 3.70. The number of carbonyl (C=O) groups excluding carboxylic acids is 1. The van der Waals surface area contributed by atoms with Crippen molar-refractivity contribution in [3.8, 4) is 11.5 Å². The minimum atomic E-state index is -4.72. The predicted octanol–water partition coefficient (Wildman–Crippen LogP) is 6.79. The quantitative estimate of drug-likeness (QED) is 0.0504. The molecule has 9 rings (SSSR count). The lowest BCUT2D eigenvalue weighted by Gasteiger charge is -2.58. The smallest absolute Gasteiger partial charge is 0.312 e. The number of fused-ring (bicyclic) bond motifs is 1. The van der Waals surface area contributed by atoms with Crippen LogP contribution in [0.25, 0.3) is 11.0 Å². The molecule has 4 fully saturated rings. The van der Waals surface area contributed by atoms with Crippen molar-refractivity contribution in [1.82, 2.24) is 29.5 Å². The molecule has 22 heteroatoms. The third kappa shape index (κ3) is 11.4. The van der Waals surface area contributed by atoms with E-state index in [0.717, 1.165) is 62.9 Å². The number of ether oxygens (including phenoxy) is 1. The molecule has 6 N–H and O–H groups in total. The van der Waals surface area contributed by atoms with Crippen molar-refractivity contribution in [1.29, 1.82) is 0 Å². The number of nitrogens with one attached hydrogen (secondary N) is 3. The lowest BCUT2D eigenvalue weighted by atomic mass is 9.59. The summed E-state index contributed by atoms with van der Waals surface area (Å²) in [7, 11) is -8.32. The summed E-state index contributed by atoms with van der Waals surface area (Å²) in [5.41, 5.74) is 2.18. The molecule has 5 aromatic rings. The van der Waals surface area contributed by atoms with Gasteiger partial charge in [0.1, 0.15) is 27.9 Å². The van der Waals surface area contributed by atoms with Crippen LogP contribution in [0.4, 0.5) is 21.6 Å². The van der Waals surface area contributed by atoms with Gasteiger partial charge >= 0.3 is 5.69 Å². The highest BCUT2D eigenvalue weighted by Crippen LogP contribution is 2.53. The SMILES string of the molecule is CC(C)c1ccccc1[C@@H]1CN(CCS(N)(=O)=O)CCN1C1CC2(CCN(c3ccc(C(=O)NS(=O)(=O)c4cnc(NCC5CCC(C)(O)CC5)c([N+](=O)[O-])c4)c(Oc4cnc5[nH]cc(F)c5c4)c3)CC2)C1. The number of hydrogen-bond donors (Lipinski definition) is 5. The third-order valence-corrected chi connectivity index (χ3v) is 17.4. The molecule has 2 aliphatic carbocycles. The molecule has 19 nitrogen and oxygen atoms in total. The van der Waals surface area contributed by atoms with E-state index in [1.165, 1.54) is 29.5 Å². The van der Waals surface area contributed by atoms with E-state index in [9.17, 15) is 41.2 Å². The van der Waals surface area contributed by atoms with Crippen molar-refractivity contribution in [3.63, 3.8) is 0 Å². The number of H-pyrrole nitrogens is 1. The third-order valence-electron chi connectivity index (χ3n) is 15.4. The van der Waals surface area contributed by atoms with E-state index in [2.05, 4.69) is 73.1 Å². The number of benzene rings is 2. The number of nitro groups is 1. The summed E-state index contributed by atoms with van der Waals surface area (Å²) in [6.45, 7) is 10.6. The second-order valence-corrected chi connectivity index (χ2v) is 24.2. The number of aromatic amines is 1. The Morgan fingerprint density at radius 1 is 1.01 bits per heavy atom. The molecule has 2 saturated carbocycles. The van der Waals surface area contributed by atoms with E-state index in [-0.39, 0.29) is 57.0 Å². The molecule has 3 aromatic heterocycles. The van der Waals surface area contributed by atoms with Gasteiger partial charge in [0.15, 0.2) is 0 Å². The molecule has 2 aromatic carbocycles. The zero-order valence-corrected chi connectivity index (χ0v) is 42.4. The molecule has 2 saturated heterocycles. The molecule has 5 heterocycles. The van der Waals surface area contributed by atoms with Crippen LogP contribution in [0, 0.1) is 27.3 Å². The molecule has 0 radical (unpaired) electrons. The molecule has 4 aliphatic rings. The number of pyridine rings is 2. The van der Waals surface area contributed by atoms with Gasteiger partial charge in [0.05, 0.1) is 39.6 Å². The van der Waals surface area contributed by atoms with Crippen molar-refractivity contribution >= 4 is 54.2 Å². The number of sulfonamides is 2. The first-order valence-corrected chi connectivity index (χ1v) is 27.8. The summed E-state index contributed by atoms with van der Waals surface area (Å²) >= 11 is 0. The monoisotopic (exact) mass is 1030 g/mol. The first-order chi connectivity index (χ1) is 34.1. The molecule has 1 spiro atoms. The fourth-order valence-corrected chi connectivity index (χ4v) is 12.6. The number of amides is 1. The minimum absolute atomic E-state index is 0.0231. The van der Waals surface area contributed by atoms with Gasteiger partial charge in [0.2, 0.25) is 15.8 Å². The van der Waals surface area contributed by atoms with E-state index in [1.54, 1.807) is 19.1 Å². The van der Waals surface area contributed by atoms with Gasteiger partial charge in [0, 0.05) is 81.9 Å². The van der Waals surface area contributed by atoms with Gasteiger partial charge in [-0.15, -0.1) is 0 Å². The number of aliphatic hydroxyl groups is 1. The zero-order valence-electron chi connectivity index (χ0n) is 40.7. The van der Waals surface area contributed by atoms with Gasteiger partial charge in [-0.2, -0.15) is 0 Å². The number of nitrogens with zero attached hydrogens (tertiary/aromatic N) is 6. The number of hydrogen-bond acceptors (Lipinski definition) is 15. The highest BCUT2D eigenvalue weighted by atomic mass is 32.2. The van der Waals surface area contributed by atoms with Gasteiger partial charge in [-0.05, 0) is 105 Å². The Bertz CT molecular complexity index is 3050. The van der Waals surface area contributed by atoms with E-state index >= 15 is 0 Å². The second-order valence-electron chi connectivity index (χ2n) is 20.8. The fourth-order valence-electron chi connectivity index (χ4n) is 11.1. The van der Waals surface area contributed by atoms with E-state index in [0.29, 0.717) is 70.4 Å². The van der Waals surface area contributed by atoms with Crippen LogP contribution in [0.3, 0.4) is 0 Å². The predicted molar refractivity (Wildman–Crippen MR) is 270 cm³/mol. The molecule has 2 aliphatic heterocycles. The summed E-state index contributed by atoms with van der Waals surface area (Å²) < 4.78 is 74.3. The first-order valence-electron chi connectivity index (χ1n) is 24.6. The minimum Gasteiger partial charge on any atom is -0.455 e. The number of primary sulfonamides is 1. The summed E-state index contributed by atoms with van der Waals surface area (Å²) in [6, 6.07) is 16.1. The molecular weight excluding hydrogens is 968 g/mol. The number of piperazine rings is 1. The Kier molecular flexibility index (Phi) is 14.4. The Balaban J connectivity index is 0.903. The molecule has 0 unspecified atom stereocenters. The lowest BCUT2D eigenvalue weighted by molar-refractivity contribution is -0.384. The van der Waals surface area contributed by atoms with Gasteiger partial charge in [0.25, 0.3) is 15.9 Å². The molecule has 1 atom stereocenters. The van der Waals surface area contributed by atoms with Crippen molar-refractivity contribution < 1.29 is 40.8 Å². The summed E-state index contributed by atoms with van der Waals surface area (Å²) in [4.78, 5) is 43.0. The second kappa shape index (κ2) is 20.3. The normalized spacial score (nSPS) is 22.2. The van der Waals surface area contributed by atoms with E-state index in [4.69, 9.17) is 9.88 Å². The largest absolute Gasteiger partial charge is 0.455 e. The average molecular weight is 1030 g/mol. The zero-order chi connectivity index (χ0) is 51.2. The number of carbonyl (C=O) groups is 1. The molecule has 1 amide bonds. The summed E-state index contributed by atoms with van der Waals surface area (Å²) in [5, 5.41) is 31.0. The molecular formula is C50H63FN10O9S2. The summed E-state index contributed by atoms with van der Waals surface area (Å²) in [6.07, 6.45) is 9.92.